The number of aliphatic hydroxyl groups excluding tert-OH is 1. The Balaban J connectivity index is 1.68. The van der Waals surface area contributed by atoms with E-state index in [1.807, 2.05) is 0 Å². The van der Waals surface area contributed by atoms with Crippen molar-refractivity contribution >= 4 is 17.7 Å². The second-order valence-corrected chi connectivity index (χ2v) is 5.62. The smallest absolute Gasteiger partial charge is 0.230 e. The lowest BCUT2D eigenvalue weighted by Gasteiger charge is -2.13. The van der Waals surface area contributed by atoms with Crippen LogP contribution in [0.4, 0.5) is 0 Å². The molecular formula is C13H18N2O3S. The van der Waals surface area contributed by atoms with Gasteiger partial charge in [0.25, 0.3) is 0 Å². The minimum absolute atomic E-state index is 0.0443. The highest BCUT2D eigenvalue weighted by Gasteiger charge is 2.24. The third kappa shape index (κ3) is 4.41. The van der Waals surface area contributed by atoms with Crippen molar-refractivity contribution in [2.24, 2.45) is 5.92 Å². The maximum absolute atomic E-state index is 11.7. The maximum atomic E-state index is 11.7. The summed E-state index contributed by atoms with van der Waals surface area (Å²) >= 11 is 1.42. The van der Waals surface area contributed by atoms with Gasteiger partial charge in [0.05, 0.1) is 11.9 Å². The summed E-state index contributed by atoms with van der Waals surface area (Å²) in [5.41, 5.74) is 0. The number of thioether (sulfide) groups is 1. The fourth-order valence-corrected chi connectivity index (χ4v) is 2.64. The maximum Gasteiger partial charge on any atom is 0.230 e. The van der Waals surface area contributed by atoms with Crippen molar-refractivity contribution in [2.45, 2.75) is 11.0 Å². The summed E-state index contributed by atoms with van der Waals surface area (Å²) in [7, 11) is 0. The molecule has 4 N–H and O–H groups in total. The quantitative estimate of drug-likeness (QED) is 0.579. The highest BCUT2D eigenvalue weighted by atomic mass is 32.2. The number of nitrogens with one attached hydrogen (secondary N) is 2. The standard InChI is InChI=1S/C13H18N2O3S/c16-10-1-3-11(4-2-10)19-8-13(18)15-6-9-5-14-7-12(9)17/h1-4,9,12,14,16-17H,5-8H2,(H,15,18). The van der Waals surface area contributed by atoms with Gasteiger partial charge < -0.3 is 20.8 Å². The molecule has 0 aromatic heterocycles. The van der Waals surface area contributed by atoms with Crippen molar-refractivity contribution < 1.29 is 15.0 Å². The molecule has 2 unspecified atom stereocenters. The molecule has 2 rings (SSSR count). The molecule has 6 heteroatoms. The van der Waals surface area contributed by atoms with E-state index in [1.165, 1.54) is 11.8 Å². The lowest BCUT2D eigenvalue weighted by atomic mass is 10.1. The second-order valence-electron chi connectivity index (χ2n) is 4.57. The van der Waals surface area contributed by atoms with Crippen LogP contribution in [0.5, 0.6) is 5.75 Å². The molecule has 19 heavy (non-hydrogen) atoms. The van der Waals surface area contributed by atoms with Crippen LogP contribution in [0.25, 0.3) is 0 Å². The van der Waals surface area contributed by atoms with Crippen LogP contribution >= 0.6 is 11.8 Å². The summed E-state index contributed by atoms with van der Waals surface area (Å²) in [6, 6.07) is 6.75. The van der Waals surface area contributed by atoms with E-state index in [1.54, 1.807) is 24.3 Å². The zero-order valence-electron chi connectivity index (χ0n) is 10.5. The van der Waals surface area contributed by atoms with E-state index >= 15 is 0 Å². The van der Waals surface area contributed by atoms with E-state index in [0.29, 0.717) is 18.8 Å². The van der Waals surface area contributed by atoms with Crippen LogP contribution in [0.3, 0.4) is 0 Å². The monoisotopic (exact) mass is 282 g/mol. The fourth-order valence-electron chi connectivity index (χ4n) is 1.91. The number of carbonyl (C=O) groups excluding carboxylic acids is 1. The molecule has 1 aromatic rings. The summed E-state index contributed by atoms with van der Waals surface area (Å²) in [5, 5.41) is 24.6. The molecule has 0 saturated carbocycles. The van der Waals surface area contributed by atoms with Gasteiger partial charge in [0.2, 0.25) is 5.91 Å². The number of benzene rings is 1. The highest BCUT2D eigenvalue weighted by molar-refractivity contribution is 8.00. The van der Waals surface area contributed by atoms with Gasteiger partial charge >= 0.3 is 0 Å². The number of β-amino-alcohol motifs (C(OH)–C–C–N with tert-alkyl or cyclic N) is 1. The number of carbonyl (C=O) groups is 1. The minimum Gasteiger partial charge on any atom is -0.508 e. The second kappa shape index (κ2) is 6.79. The predicted octanol–water partition coefficient (Wildman–Crippen LogP) is 0.181. The van der Waals surface area contributed by atoms with Gasteiger partial charge in [-0.3, -0.25) is 4.79 Å². The minimum atomic E-state index is -0.370. The Morgan fingerprint density at radius 1 is 1.37 bits per heavy atom. The Bertz CT molecular complexity index is 424. The molecular weight excluding hydrogens is 264 g/mol. The molecule has 2 atom stereocenters. The zero-order chi connectivity index (χ0) is 13.7. The topological polar surface area (TPSA) is 81.6 Å². The van der Waals surface area contributed by atoms with Crippen LogP contribution in [0.15, 0.2) is 29.2 Å². The van der Waals surface area contributed by atoms with Gasteiger partial charge in [-0.1, -0.05) is 0 Å². The van der Waals surface area contributed by atoms with Gasteiger partial charge in [0.15, 0.2) is 0 Å². The van der Waals surface area contributed by atoms with Gasteiger partial charge in [-0.25, -0.2) is 0 Å². The van der Waals surface area contributed by atoms with Crippen LogP contribution in [0, 0.1) is 5.92 Å². The Labute approximate surface area is 116 Å². The molecule has 1 fully saturated rings. The van der Waals surface area contributed by atoms with Gasteiger partial charge in [-0.2, -0.15) is 0 Å². The molecule has 1 aromatic carbocycles. The Morgan fingerprint density at radius 2 is 2.11 bits per heavy atom. The first-order chi connectivity index (χ1) is 9.15. The lowest BCUT2D eigenvalue weighted by Crippen LogP contribution is -2.35. The SMILES string of the molecule is O=C(CSc1ccc(O)cc1)NCC1CNCC1O. The molecule has 0 aliphatic carbocycles. The molecule has 0 bridgehead atoms. The van der Waals surface area contributed by atoms with Crippen molar-refractivity contribution in [1.82, 2.24) is 10.6 Å². The first-order valence-corrected chi connectivity index (χ1v) is 7.21. The first-order valence-electron chi connectivity index (χ1n) is 6.22. The van der Waals surface area contributed by atoms with Crippen molar-refractivity contribution in [3.8, 4) is 5.75 Å². The average Bonchev–Trinajstić information content (AvgIpc) is 2.81. The highest BCUT2D eigenvalue weighted by Crippen LogP contribution is 2.20. The fraction of sp³-hybridized carbons (Fsp3) is 0.462. The number of aliphatic hydroxyl groups is 1. The molecule has 0 spiro atoms. The van der Waals surface area contributed by atoms with E-state index in [-0.39, 0.29) is 23.7 Å². The van der Waals surface area contributed by atoms with Crippen molar-refractivity contribution in [2.75, 3.05) is 25.4 Å². The Kier molecular flexibility index (Phi) is 5.07. The largest absolute Gasteiger partial charge is 0.508 e. The predicted molar refractivity (Wildman–Crippen MR) is 74.2 cm³/mol. The molecule has 0 radical (unpaired) electrons. The lowest BCUT2D eigenvalue weighted by molar-refractivity contribution is -0.118. The molecule has 104 valence electrons. The summed E-state index contributed by atoms with van der Waals surface area (Å²) in [5.74, 6) is 0.609. The number of amides is 1. The number of hydrogen-bond donors (Lipinski definition) is 4. The van der Waals surface area contributed by atoms with Crippen LogP contribution in [0.2, 0.25) is 0 Å². The third-order valence-corrected chi connectivity index (χ3v) is 4.08. The van der Waals surface area contributed by atoms with Crippen LogP contribution in [0.1, 0.15) is 0 Å². The molecule has 1 amide bonds. The van der Waals surface area contributed by atoms with Gasteiger partial charge in [-0.05, 0) is 24.3 Å². The van der Waals surface area contributed by atoms with E-state index in [0.717, 1.165) is 11.4 Å². The Morgan fingerprint density at radius 3 is 2.74 bits per heavy atom. The number of hydrogen-bond acceptors (Lipinski definition) is 5. The van der Waals surface area contributed by atoms with E-state index < -0.39 is 0 Å². The zero-order valence-corrected chi connectivity index (χ0v) is 11.3. The van der Waals surface area contributed by atoms with Gasteiger partial charge in [-0.15, -0.1) is 11.8 Å². The van der Waals surface area contributed by atoms with E-state index in [4.69, 9.17) is 5.11 Å². The Hall–Kier alpha value is -1.24. The first kappa shape index (κ1) is 14.2. The third-order valence-electron chi connectivity index (χ3n) is 3.07. The van der Waals surface area contributed by atoms with Crippen molar-refractivity contribution in [3.63, 3.8) is 0 Å². The summed E-state index contributed by atoms with van der Waals surface area (Å²) < 4.78 is 0. The molecule has 1 aliphatic rings. The molecule has 5 nitrogen and oxygen atoms in total. The van der Waals surface area contributed by atoms with Crippen molar-refractivity contribution in [3.05, 3.63) is 24.3 Å². The average molecular weight is 282 g/mol. The van der Waals surface area contributed by atoms with Gasteiger partial charge in [0.1, 0.15) is 5.75 Å². The summed E-state index contributed by atoms with van der Waals surface area (Å²) in [4.78, 5) is 12.6. The van der Waals surface area contributed by atoms with E-state index in [9.17, 15) is 9.90 Å². The number of aromatic hydroxyl groups is 1. The van der Waals surface area contributed by atoms with Crippen LogP contribution in [-0.2, 0) is 4.79 Å². The number of phenols is 1. The number of phenolic OH excluding ortho intramolecular Hbond substituents is 1. The summed E-state index contributed by atoms with van der Waals surface area (Å²) in [6.45, 7) is 1.85. The normalized spacial score (nSPS) is 22.4. The van der Waals surface area contributed by atoms with Crippen molar-refractivity contribution in [1.29, 1.82) is 0 Å². The van der Waals surface area contributed by atoms with Crippen LogP contribution in [-0.4, -0.2) is 47.6 Å². The molecule has 1 saturated heterocycles. The number of rotatable bonds is 5. The van der Waals surface area contributed by atoms with Crippen LogP contribution < -0.4 is 10.6 Å². The molecule has 1 aliphatic heterocycles. The molecule has 1 heterocycles. The van der Waals surface area contributed by atoms with E-state index in [2.05, 4.69) is 10.6 Å². The van der Waals surface area contributed by atoms with Gasteiger partial charge in [0, 0.05) is 30.4 Å². The summed E-state index contributed by atoms with van der Waals surface area (Å²) in [6.07, 6.45) is -0.370.